The highest BCUT2D eigenvalue weighted by Crippen LogP contribution is 2.38. The Hall–Kier alpha value is -2.42. The van der Waals surface area contributed by atoms with E-state index < -0.39 is 18.3 Å². The van der Waals surface area contributed by atoms with Crippen LogP contribution in [0.3, 0.4) is 0 Å². The average molecular weight is 468 g/mol. The second-order valence-corrected chi connectivity index (χ2v) is 10.3. The number of likely N-dealkylation sites (N-methyl/N-ethyl adjacent to an activating group) is 1. The molecule has 4 rings (SSSR count). The van der Waals surface area contributed by atoms with E-state index in [2.05, 4.69) is 5.32 Å². The largest absolute Gasteiger partial charge is 0.496 e. The normalized spacial score (nSPS) is 21.3. The van der Waals surface area contributed by atoms with E-state index in [0.29, 0.717) is 30.8 Å². The third-order valence-electron chi connectivity index (χ3n) is 7.56. The van der Waals surface area contributed by atoms with Crippen molar-refractivity contribution in [2.24, 2.45) is 0 Å². The van der Waals surface area contributed by atoms with Crippen molar-refractivity contribution in [3.8, 4) is 16.9 Å². The number of methoxy groups -OCH3 is 1. The summed E-state index contributed by atoms with van der Waals surface area (Å²) in [7, 11) is 2.96. The molecule has 34 heavy (non-hydrogen) atoms. The van der Waals surface area contributed by atoms with Gasteiger partial charge >= 0.3 is 7.12 Å². The van der Waals surface area contributed by atoms with Gasteiger partial charge in [0.15, 0.2) is 0 Å². The summed E-state index contributed by atoms with van der Waals surface area (Å²) in [5, 5.41) is 2.83. The summed E-state index contributed by atoms with van der Waals surface area (Å²) in [6.45, 7) is 11.0. The molecule has 0 unspecified atom stereocenters. The Morgan fingerprint density at radius 2 is 1.88 bits per heavy atom. The minimum absolute atomic E-state index is 0.0250. The van der Waals surface area contributed by atoms with E-state index in [4.69, 9.17) is 14.0 Å². The van der Waals surface area contributed by atoms with Gasteiger partial charge in [-0.1, -0.05) is 18.2 Å². The number of hydrogen-bond donors (Lipinski definition) is 1. The van der Waals surface area contributed by atoms with Gasteiger partial charge in [0.2, 0.25) is 5.91 Å². The number of carbonyl (C=O) groups is 1. The lowest BCUT2D eigenvalue weighted by molar-refractivity contribution is -0.119. The maximum Gasteiger partial charge on any atom is 0.495 e. The second kappa shape index (κ2) is 8.98. The third kappa shape index (κ3) is 4.46. The zero-order valence-electron chi connectivity index (χ0n) is 21.1. The molecule has 2 aliphatic heterocycles. The van der Waals surface area contributed by atoms with Gasteiger partial charge < -0.3 is 19.4 Å². The first-order valence-corrected chi connectivity index (χ1v) is 11.7. The highest BCUT2D eigenvalue weighted by atomic mass is 19.1. The van der Waals surface area contributed by atoms with Gasteiger partial charge in [-0.2, -0.15) is 0 Å². The molecule has 1 atom stereocenters. The summed E-state index contributed by atoms with van der Waals surface area (Å²) >= 11 is 0. The fraction of sp³-hybridized carbons (Fsp3) is 0.500. The van der Waals surface area contributed by atoms with Crippen LogP contribution >= 0.6 is 0 Å². The van der Waals surface area contributed by atoms with Crippen LogP contribution in [0.1, 0.15) is 45.2 Å². The van der Waals surface area contributed by atoms with Crippen molar-refractivity contribution in [1.29, 1.82) is 0 Å². The Morgan fingerprint density at radius 1 is 1.21 bits per heavy atom. The predicted molar refractivity (Wildman–Crippen MR) is 132 cm³/mol. The van der Waals surface area contributed by atoms with Crippen molar-refractivity contribution in [2.45, 2.75) is 64.8 Å². The topological polar surface area (TPSA) is 60.0 Å². The minimum Gasteiger partial charge on any atom is -0.496 e. The predicted octanol–water partition coefficient (Wildman–Crippen LogP) is 3.43. The van der Waals surface area contributed by atoms with Crippen molar-refractivity contribution in [2.75, 3.05) is 20.7 Å². The molecule has 2 aliphatic rings. The lowest BCUT2D eigenvalue weighted by atomic mass is 9.74. The number of ether oxygens (including phenoxy) is 1. The Balaban J connectivity index is 1.65. The van der Waals surface area contributed by atoms with Gasteiger partial charge in [-0.15, -0.1) is 0 Å². The molecule has 182 valence electrons. The fourth-order valence-electron chi connectivity index (χ4n) is 4.57. The molecule has 1 N–H and O–H groups in total. The first-order valence-electron chi connectivity index (χ1n) is 11.7. The summed E-state index contributed by atoms with van der Waals surface area (Å²) < 4.78 is 33.5. The summed E-state index contributed by atoms with van der Waals surface area (Å²) in [6, 6.07) is 9.38. The molecule has 2 aromatic carbocycles. The zero-order valence-corrected chi connectivity index (χ0v) is 21.1. The molecule has 2 aromatic rings. The van der Waals surface area contributed by atoms with Crippen molar-refractivity contribution in [3.05, 3.63) is 47.3 Å². The summed E-state index contributed by atoms with van der Waals surface area (Å²) in [5.74, 6) is 0.176. The molecule has 1 amide bonds. The third-order valence-corrected chi connectivity index (χ3v) is 7.56. The van der Waals surface area contributed by atoms with Crippen LogP contribution in [0.4, 0.5) is 4.39 Å². The summed E-state index contributed by atoms with van der Waals surface area (Å²) in [4.78, 5) is 13.6. The molecule has 2 saturated heterocycles. The number of carbonyl (C=O) groups excluding carboxylic acids is 1. The van der Waals surface area contributed by atoms with Crippen LogP contribution in [0.15, 0.2) is 30.3 Å². The molecule has 0 aromatic heterocycles. The van der Waals surface area contributed by atoms with E-state index in [9.17, 15) is 4.79 Å². The van der Waals surface area contributed by atoms with Crippen LogP contribution in [-0.4, -0.2) is 55.9 Å². The maximum absolute atomic E-state index is 15.4. The molecule has 2 heterocycles. The molecular weight excluding hydrogens is 434 g/mol. The van der Waals surface area contributed by atoms with Gasteiger partial charge in [-0.3, -0.25) is 9.69 Å². The van der Waals surface area contributed by atoms with Crippen LogP contribution in [0, 0.1) is 12.7 Å². The molecule has 0 spiro atoms. The zero-order chi connectivity index (χ0) is 24.8. The molecule has 0 bridgehead atoms. The number of rotatable bonds is 6. The molecule has 2 fully saturated rings. The van der Waals surface area contributed by atoms with Crippen LogP contribution in [-0.2, 0) is 20.6 Å². The van der Waals surface area contributed by atoms with Gasteiger partial charge in [0.1, 0.15) is 11.6 Å². The molecule has 6 nitrogen and oxygen atoms in total. The monoisotopic (exact) mass is 468 g/mol. The van der Waals surface area contributed by atoms with Gasteiger partial charge in [0.05, 0.1) is 18.3 Å². The number of halogens is 1. The lowest BCUT2D eigenvalue weighted by Crippen LogP contribution is -2.41. The Bertz CT molecular complexity index is 1090. The van der Waals surface area contributed by atoms with Crippen molar-refractivity contribution < 1.29 is 23.2 Å². The Kier molecular flexibility index (Phi) is 6.53. The molecule has 0 aliphatic carbocycles. The van der Waals surface area contributed by atoms with Gasteiger partial charge in [-0.05, 0) is 76.0 Å². The standard InChI is InChI=1S/C26H34BFN2O4/c1-16-19(9-8-10-21(16)27-33-25(2,3)26(4,5)34-27)17-11-22(28)20(23(12-17)32-7)15-30(6)18-13-24(31)29-14-18/h8-12,18H,13-15H2,1-7H3,(H,29,31)/t18-/m0/s1. The van der Waals surface area contributed by atoms with Crippen molar-refractivity contribution in [1.82, 2.24) is 10.2 Å². The molecule has 0 radical (unpaired) electrons. The number of nitrogens with one attached hydrogen (secondary N) is 1. The van der Waals surface area contributed by atoms with E-state index in [0.717, 1.165) is 22.2 Å². The van der Waals surface area contributed by atoms with E-state index in [1.54, 1.807) is 13.2 Å². The number of benzene rings is 2. The molecule has 8 heteroatoms. The van der Waals surface area contributed by atoms with Crippen molar-refractivity contribution in [3.63, 3.8) is 0 Å². The summed E-state index contributed by atoms with van der Waals surface area (Å²) in [5.41, 5.74) is 3.13. The van der Waals surface area contributed by atoms with E-state index in [-0.39, 0.29) is 17.8 Å². The first-order chi connectivity index (χ1) is 15.9. The van der Waals surface area contributed by atoms with Crippen LogP contribution in [0.2, 0.25) is 0 Å². The highest BCUT2D eigenvalue weighted by molar-refractivity contribution is 6.62. The van der Waals surface area contributed by atoms with Crippen LogP contribution in [0.5, 0.6) is 5.75 Å². The molecular formula is C26H34BFN2O4. The highest BCUT2D eigenvalue weighted by Gasteiger charge is 2.52. The van der Waals surface area contributed by atoms with Gasteiger partial charge in [-0.25, -0.2) is 4.39 Å². The van der Waals surface area contributed by atoms with E-state index in [1.165, 1.54) is 0 Å². The van der Waals surface area contributed by atoms with Gasteiger partial charge in [0, 0.05) is 31.1 Å². The second-order valence-electron chi connectivity index (χ2n) is 10.3. The number of nitrogens with zero attached hydrogens (tertiary/aromatic N) is 1. The van der Waals surface area contributed by atoms with Crippen LogP contribution < -0.4 is 15.5 Å². The Morgan fingerprint density at radius 3 is 2.47 bits per heavy atom. The first kappa shape index (κ1) is 24.7. The number of amides is 1. The van der Waals surface area contributed by atoms with Gasteiger partial charge in [0.25, 0.3) is 0 Å². The Labute approximate surface area is 201 Å². The van der Waals surface area contributed by atoms with Crippen LogP contribution in [0.25, 0.3) is 11.1 Å². The summed E-state index contributed by atoms with van der Waals surface area (Å²) in [6.07, 6.45) is 0.420. The average Bonchev–Trinajstić information content (AvgIpc) is 3.29. The molecule has 0 saturated carbocycles. The number of hydrogen-bond acceptors (Lipinski definition) is 5. The quantitative estimate of drug-likeness (QED) is 0.659. The van der Waals surface area contributed by atoms with Crippen molar-refractivity contribution >= 4 is 18.5 Å². The fourth-order valence-corrected chi connectivity index (χ4v) is 4.57. The lowest BCUT2D eigenvalue weighted by Gasteiger charge is -2.32. The minimum atomic E-state index is -0.493. The van der Waals surface area contributed by atoms with E-state index in [1.807, 2.05) is 70.8 Å². The maximum atomic E-state index is 15.4. The SMILES string of the molecule is COc1cc(-c2cccc(B3OC(C)(C)C(C)(C)O3)c2C)cc(F)c1CN(C)[C@@H]1CNC(=O)C1. The van der Waals surface area contributed by atoms with E-state index >= 15 is 4.39 Å². The smallest absolute Gasteiger partial charge is 0.495 e.